The lowest BCUT2D eigenvalue weighted by Crippen LogP contribution is -2.41. The van der Waals surface area contributed by atoms with E-state index >= 15 is 0 Å². The summed E-state index contributed by atoms with van der Waals surface area (Å²) in [5.41, 5.74) is 2.92. The van der Waals surface area contributed by atoms with Gasteiger partial charge in [0.25, 0.3) is 0 Å². The molecule has 10 heavy (non-hydrogen) atoms. The number of nitrogens with one attached hydrogen (secondary N) is 1. The number of carboxylic acid groups (broad SMARTS) is 1. The molecule has 0 saturated carbocycles. The molecule has 0 aromatic heterocycles. The molecule has 0 aromatic rings. The maximum atomic E-state index is 10.2. The molecule has 0 aliphatic heterocycles. The summed E-state index contributed by atoms with van der Waals surface area (Å²) in [4.78, 5) is 10.2. The average Bonchev–Trinajstić information content (AvgIpc) is 1.86. The fraction of sp³-hybridized carbons (Fsp3) is 0.833. The molecule has 0 bridgehead atoms. The molecule has 4 heteroatoms. The predicted molar refractivity (Wildman–Crippen MR) is 38.6 cm³/mol. The van der Waals surface area contributed by atoms with Crippen molar-refractivity contribution in [1.82, 2.24) is 10.4 Å². The first-order valence-electron chi connectivity index (χ1n) is 3.41. The molecule has 0 atom stereocenters. The third-order valence-corrected chi connectivity index (χ3v) is 1.09. The number of nitrogens with zero attached hydrogens (tertiary/aromatic N) is 1. The van der Waals surface area contributed by atoms with Crippen LogP contribution in [0.3, 0.4) is 0 Å². The minimum absolute atomic E-state index is 0.0599. The van der Waals surface area contributed by atoms with Crippen molar-refractivity contribution in [3.8, 4) is 0 Å². The molecule has 0 fully saturated rings. The van der Waals surface area contributed by atoms with E-state index < -0.39 is 5.97 Å². The van der Waals surface area contributed by atoms with Crippen molar-refractivity contribution in [3.05, 3.63) is 0 Å². The van der Waals surface area contributed by atoms with Crippen LogP contribution in [0.1, 0.15) is 13.8 Å². The number of aliphatic carboxylic acids is 1. The van der Waals surface area contributed by atoms with Crippen molar-refractivity contribution >= 4 is 5.97 Å². The number of likely N-dealkylation sites (N-methyl/N-ethyl adjacent to an activating group) is 1. The van der Waals surface area contributed by atoms with Crippen molar-refractivity contribution in [1.29, 1.82) is 0 Å². The number of carbonyl (C=O) groups is 1. The Balaban J connectivity index is 3.49. The van der Waals surface area contributed by atoms with E-state index in [2.05, 4.69) is 5.43 Å². The molecule has 0 aromatic carbocycles. The summed E-state index contributed by atoms with van der Waals surface area (Å²) in [7, 11) is 0. The van der Waals surface area contributed by atoms with Crippen LogP contribution in [0, 0.1) is 0 Å². The van der Waals surface area contributed by atoms with Crippen molar-refractivity contribution < 1.29 is 9.90 Å². The summed E-state index contributed by atoms with van der Waals surface area (Å²) in [6.07, 6.45) is 0. The summed E-state index contributed by atoms with van der Waals surface area (Å²) in [6, 6.07) is 0. The minimum atomic E-state index is -0.803. The number of hydrogen-bond donors (Lipinski definition) is 2. The van der Waals surface area contributed by atoms with Crippen molar-refractivity contribution in [2.45, 2.75) is 13.8 Å². The van der Waals surface area contributed by atoms with Gasteiger partial charge in [0, 0.05) is 13.1 Å². The molecular weight excluding hydrogens is 132 g/mol. The molecule has 0 spiro atoms. The van der Waals surface area contributed by atoms with Crippen LogP contribution in [-0.2, 0) is 4.79 Å². The maximum absolute atomic E-state index is 10.2. The van der Waals surface area contributed by atoms with Gasteiger partial charge in [-0.2, -0.15) is 0 Å². The highest BCUT2D eigenvalue weighted by Crippen LogP contribution is 1.79. The van der Waals surface area contributed by atoms with Crippen molar-refractivity contribution in [2.75, 3.05) is 19.6 Å². The van der Waals surface area contributed by atoms with Crippen LogP contribution in [0.4, 0.5) is 0 Å². The van der Waals surface area contributed by atoms with E-state index in [1.807, 2.05) is 13.8 Å². The first kappa shape index (κ1) is 9.39. The molecule has 0 saturated heterocycles. The molecule has 0 aliphatic rings. The highest BCUT2D eigenvalue weighted by Gasteiger charge is 2.03. The van der Waals surface area contributed by atoms with Crippen molar-refractivity contribution in [3.63, 3.8) is 0 Å². The Morgan fingerprint density at radius 1 is 1.60 bits per heavy atom. The Labute approximate surface area is 60.8 Å². The Morgan fingerprint density at radius 2 is 2.20 bits per heavy atom. The van der Waals surface area contributed by atoms with E-state index in [1.165, 1.54) is 0 Å². The zero-order chi connectivity index (χ0) is 7.98. The maximum Gasteiger partial charge on any atom is 0.319 e. The first-order chi connectivity index (χ1) is 4.70. The molecule has 0 aliphatic carbocycles. The van der Waals surface area contributed by atoms with Gasteiger partial charge in [-0.25, -0.2) is 5.01 Å². The molecule has 0 heterocycles. The Hall–Kier alpha value is -0.610. The monoisotopic (exact) mass is 146 g/mol. The van der Waals surface area contributed by atoms with Crippen LogP contribution in [0.2, 0.25) is 0 Å². The van der Waals surface area contributed by atoms with E-state index in [0.717, 1.165) is 6.54 Å². The Morgan fingerprint density at radius 3 is 2.50 bits per heavy atom. The second-order valence-corrected chi connectivity index (χ2v) is 1.92. The normalized spacial score (nSPS) is 10.3. The summed E-state index contributed by atoms with van der Waals surface area (Å²) in [5.74, 6) is -0.803. The van der Waals surface area contributed by atoms with Gasteiger partial charge < -0.3 is 5.11 Å². The van der Waals surface area contributed by atoms with Gasteiger partial charge in [0.2, 0.25) is 0 Å². The smallest absolute Gasteiger partial charge is 0.319 e. The highest BCUT2D eigenvalue weighted by atomic mass is 16.4. The third-order valence-electron chi connectivity index (χ3n) is 1.09. The SMILES string of the molecule is CCNN(CC)CC(=O)O. The topological polar surface area (TPSA) is 52.6 Å². The number of hydrogen-bond acceptors (Lipinski definition) is 3. The third kappa shape index (κ3) is 4.29. The Kier molecular flexibility index (Phi) is 4.88. The molecule has 4 nitrogen and oxygen atoms in total. The van der Waals surface area contributed by atoms with E-state index in [1.54, 1.807) is 5.01 Å². The van der Waals surface area contributed by atoms with Gasteiger partial charge in [0.1, 0.15) is 6.54 Å². The average molecular weight is 146 g/mol. The molecule has 0 radical (unpaired) electrons. The van der Waals surface area contributed by atoms with Gasteiger partial charge in [0.15, 0.2) is 0 Å². The molecule has 0 unspecified atom stereocenters. The van der Waals surface area contributed by atoms with Crippen molar-refractivity contribution in [2.24, 2.45) is 0 Å². The number of carboxylic acids is 1. The molecule has 60 valence electrons. The summed E-state index contributed by atoms with van der Waals surface area (Å²) in [6.45, 7) is 5.38. The minimum Gasteiger partial charge on any atom is -0.480 e. The van der Waals surface area contributed by atoms with Crippen LogP contribution in [0.5, 0.6) is 0 Å². The quantitative estimate of drug-likeness (QED) is 0.532. The summed E-state index contributed by atoms with van der Waals surface area (Å²) < 4.78 is 0. The summed E-state index contributed by atoms with van der Waals surface area (Å²) >= 11 is 0. The van der Waals surface area contributed by atoms with Crippen LogP contribution in [0.15, 0.2) is 0 Å². The fourth-order valence-electron chi connectivity index (χ4n) is 0.666. The highest BCUT2D eigenvalue weighted by molar-refractivity contribution is 5.68. The van der Waals surface area contributed by atoms with E-state index in [-0.39, 0.29) is 6.54 Å². The lowest BCUT2D eigenvalue weighted by molar-refractivity contribution is -0.139. The largest absolute Gasteiger partial charge is 0.480 e. The molecule has 2 N–H and O–H groups in total. The van der Waals surface area contributed by atoms with Crippen LogP contribution < -0.4 is 5.43 Å². The van der Waals surface area contributed by atoms with Crippen LogP contribution in [-0.4, -0.2) is 35.7 Å². The van der Waals surface area contributed by atoms with Gasteiger partial charge in [-0.1, -0.05) is 13.8 Å². The Bertz CT molecular complexity index is 106. The van der Waals surface area contributed by atoms with Gasteiger partial charge in [0.05, 0.1) is 0 Å². The zero-order valence-corrected chi connectivity index (χ0v) is 6.42. The van der Waals surface area contributed by atoms with E-state index in [9.17, 15) is 4.79 Å². The second kappa shape index (κ2) is 5.20. The van der Waals surface area contributed by atoms with E-state index in [0.29, 0.717) is 6.54 Å². The molecule has 0 rings (SSSR count). The molecular formula is C6H14N2O2. The van der Waals surface area contributed by atoms with Gasteiger partial charge >= 0.3 is 5.97 Å². The van der Waals surface area contributed by atoms with Gasteiger partial charge in [-0.3, -0.25) is 10.2 Å². The zero-order valence-electron chi connectivity index (χ0n) is 6.42. The van der Waals surface area contributed by atoms with E-state index in [4.69, 9.17) is 5.11 Å². The predicted octanol–water partition coefficient (Wildman–Crippen LogP) is -0.0826. The van der Waals surface area contributed by atoms with Gasteiger partial charge in [-0.05, 0) is 0 Å². The fourth-order valence-corrected chi connectivity index (χ4v) is 0.666. The lowest BCUT2D eigenvalue weighted by Gasteiger charge is -2.17. The standard InChI is InChI=1S/C6H14N2O2/c1-3-7-8(4-2)5-6(9)10/h7H,3-5H2,1-2H3,(H,9,10). The second-order valence-electron chi connectivity index (χ2n) is 1.92. The first-order valence-corrected chi connectivity index (χ1v) is 3.41. The van der Waals surface area contributed by atoms with Crippen LogP contribution in [0.25, 0.3) is 0 Å². The van der Waals surface area contributed by atoms with Crippen LogP contribution >= 0.6 is 0 Å². The lowest BCUT2D eigenvalue weighted by atomic mass is 10.6. The number of rotatable bonds is 5. The molecule has 0 amide bonds. The number of hydrazine groups is 1. The van der Waals surface area contributed by atoms with Gasteiger partial charge in [-0.15, -0.1) is 0 Å². The summed E-state index contributed by atoms with van der Waals surface area (Å²) in [5, 5.41) is 10.0.